The molecule has 0 saturated carbocycles. The number of hydrogen-bond donors (Lipinski definition) is 0. The minimum atomic E-state index is -1.16. The molecule has 2 aromatic rings. The van der Waals surface area contributed by atoms with E-state index in [9.17, 15) is 9.00 Å². The number of carbonyl (C=O) groups is 1. The molecule has 0 N–H and O–H groups in total. The Balaban J connectivity index is 1.55. The molecule has 1 atom stereocenters. The Bertz CT molecular complexity index is 861. The zero-order valence-electron chi connectivity index (χ0n) is 21.6. The maximum absolute atomic E-state index is 13.0. The molecule has 0 heterocycles. The molecule has 0 radical (unpaired) electrons. The van der Waals surface area contributed by atoms with E-state index in [0.29, 0.717) is 16.4 Å². The van der Waals surface area contributed by atoms with E-state index in [4.69, 9.17) is 4.74 Å². The third kappa shape index (κ3) is 11.6. The molecule has 190 valence electrons. The van der Waals surface area contributed by atoms with E-state index in [1.165, 1.54) is 96.8 Å². The second-order valence-corrected chi connectivity index (χ2v) is 11.1. The van der Waals surface area contributed by atoms with Gasteiger partial charge in [-0.25, -0.2) is 0 Å². The first-order valence-electron chi connectivity index (χ1n) is 13.7. The molecule has 0 saturated heterocycles. The van der Waals surface area contributed by atoms with Crippen LogP contribution in [0.1, 0.15) is 117 Å². The van der Waals surface area contributed by atoms with E-state index < -0.39 is 10.8 Å². The minimum absolute atomic E-state index is 0.379. The summed E-state index contributed by atoms with van der Waals surface area (Å²) in [6.45, 7) is 3.66. The highest BCUT2D eigenvalue weighted by atomic mass is 32.2. The van der Waals surface area contributed by atoms with Gasteiger partial charge in [0, 0.05) is 12.7 Å². The van der Waals surface area contributed by atoms with Gasteiger partial charge in [-0.2, -0.15) is 0 Å². The van der Waals surface area contributed by atoms with Gasteiger partial charge in [0.1, 0.15) is 5.75 Å². The van der Waals surface area contributed by atoms with Crippen molar-refractivity contribution in [2.45, 2.75) is 121 Å². The van der Waals surface area contributed by atoms with Crippen molar-refractivity contribution in [2.75, 3.05) is 5.75 Å². The molecule has 2 aromatic carbocycles. The molecular formula is C30H46O3S. The number of benzene rings is 2. The summed E-state index contributed by atoms with van der Waals surface area (Å²) in [6, 6.07) is 11.6. The Kier molecular flexibility index (Phi) is 14.9. The van der Waals surface area contributed by atoms with Crippen molar-refractivity contribution in [2.24, 2.45) is 0 Å². The highest BCUT2D eigenvalue weighted by molar-refractivity contribution is 7.85. The van der Waals surface area contributed by atoms with Crippen LogP contribution in [0.5, 0.6) is 5.75 Å². The molecule has 0 bridgehead atoms. The third-order valence-electron chi connectivity index (χ3n) is 6.49. The first kappa shape index (κ1) is 28.6. The molecule has 1 unspecified atom stereocenters. The average Bonchev–Trinajstić information content (AvgIpc) is 2.82. The van der Waals surface area contributed by atoms with Gasteiger partial charge < -0.3 is 4.74 Å². The fourth-order valence-corrected chi connectivity index (χ4v) is 5.77. The quantitative estimate of drug-likeness (QED) is 0.113. The Labute approximate surface area is 210 Å². The van der Waals surface area contributed by atoms with Crippen LogP contribution in [0.2, 0.25) is 0 Å². The molecule has 0 spiro atoms. The van der Waals surface area contributed by atoms with Crippen LogP contribution in [0, 0.1) is 0 Å². The van der Waals surface area contributed by atoms with Crippen molar-refractivity contribution in [1.82, 2.24) is 0 Å². The number of ether oxygens (including phenoxy) is 1. The van der Waals surface area contributed by atoms with Crippen LogP contribution < -0.4 is 4.74 Å². The Morgan fingerprint density at radius 3 is 1.62 bits per heavy atom. The summed E-state index contributed by atoms with van der Waals surface area (Å²) in [5.41, 5.74) is 0. The van der Waals surface area contributed by atoms with Crippen molar-refractivity contribution in [3.8, 4) is 5.75 Å². The summed E-state index contributed by atoms with van der Waals surface area (Å²) in [4.78, 5) is 12.2. The van der Waals surface area contributed by atoms with Crippen LogP contribution in [0.3, 0.4) is 0 Å². The highest BCUT2D eigenvalue weighted by Gasteiger charge is 2.14. The van der Waals surface area contributed by atoms with Gasteiger partial charge in [0.15, 0.2) is 0 Å². The zero-order chi connectivity index (χ0) is 24.4. The normalized spacial score (nSPS) is 12.2. The van der Waals surface area contributed by atoms with Crippen LogP contribution in [0.25, 0.3) is 10.8 Å². The summed E-state index contributed by atoms with van der Waals surface area (Å²) in [6.07, 6.45) is 21.2. The number of hydrogen-bond acceptors (Lipinski definition) is 3. The molecule has 2 rings (SSSR count). The van der Waals surface area contributed by atoms with Gasteiger partial charge in [-0.15, -0.1) is 0 Å². The van der Waals surface area contributed by atoms with Gasteiger partial charge in [-0.05, 0) is 29.3 Å². The Morgan fingerprint density at radius 2 is 1.15 bits per heavy atom. The molecule has 0 aromatic heterocycles. The van der Waals surface area contributed by atoms with E-state index >= 15 is 0 Å². The van der Waals surface area contributed by atoms with Gasteiger partial charge in [-0.3, -0.25) is 9.00 Å². The highest BCUT2D eigenvalue weighted by Crippen LogP contribution is 2.29. The summed E-state index contributed by atoms with van der Waals surface area (Å²) < 4.78 is 18.3. The summed E-state index contributed by atoms with van der Waals surface area (Å²) in [5.74, 6) is 0.669. The maximum atomic E-state index is 13.0. The topological polar surface area (TPSA) is 43.4 Å². The molecule has 0 aliphatic rings. The van der Waals surface area contributed by atoms with Crippen molar-refractivity contribution in [1.29, 1.82) is 0 Å². The molecule has 0 fully saturated rings. The molecule has 0 aliphatic heterocycles. The van der Waals surface area contributed by atoms with E-state index in [0.717, 1.165) is 23.6 Å². The lowest BCUT2D eigenvalue weighted by atomic mass is 10.0. The average molecular weight is 487 g/mol. The van der Waals surface area contributed by atoms with Crippen molar-refractivity contribution >= 4 is 27.5 Å². The largest absolute Gasteiger partial charge is 0.425 e. The van der Waals surface area contributed by atoms with Crippen molar-refractivity contribution in [3.05, 3.63) is 36.4 Å². The van der Waals surface area contributed by atoms with E-state index in [1.54, 1.807) is 0 Å². The van der Waals surface area contributed by atoms with Crippen molar-refractivity contribution in [3.63, 3.8) is 0 Å². The Morgan fingerprint density at radius 1 is 0.706 bits per heavy atom. The van der Waals surface area contributed by atoms with Crippen LogP contribution in [0.4, 0.5) is 0 Å². The fraction of sp³-hybridized carbons (Fsp3) is 0.633. The standard InChI is InChI=1S/C30H46O3S/c1-3-4-5-6-7-8-9-10-11-12-13-14-15-16-17-20-23-34(32)30-25-28-22-19-18-21-27(28)24-29(30)33-26(2)31/h18-19,21-22,24-25H,3-17,20,23H2,1-2H3. The molecular weight excluding hydrogens is 440 g/mol. The van der Waals surface area contributed by atoms with E-state index in [-0.39, 0.29) is 5.97 Å². The summed E-state index contributed by atoms with van der Waals surface area (Å²) in [5, 5.41) is 2.01. The number of fused-ring (bicyclic) bond motifs is 1. The molecule has 4 heteroatoms. The first-order chi connectivity index (χ1) is 16.6. The maximum Gasteiger partial charge on any atom is 0.308 e. The lowest BCUT2D eigenvalue weighted by Crippen LogP contribution is -2.07. The lowest BCUT2D eigenvalue weighted by Gasteiger charge is -2.11. The fourth-order valence-electron chi connectivity index (χ4n) is 4.50. The minimum Gasteiger partial charge on any atom is -0.425 e. The monoisotopic (exact) mass is 486 g/mol. The summed E-state index contributed by atoms with van der Waals surface area (Å²) in [7, 11) is -1.16. The second kappa shape index (κ2) is 17.7. The van der Waals surface area contributed by atoms with Gasteiger partial charge in [0.2, 0.25) is 0 Å². The van der Waals surface area contributed by atoms with Crippen molar-refractivity contribution < 1.29 is 13.7 Å². The molecule has 34 heavy (non-hydrogen) atoms. The van der Waals surface area contributed by atoms with Gasteiger partial charge in [0.05, 0.1) is 15.7 Å². The number of carbonyl (C=O) groups excluding carboxylic acids is 1. The number of unbranched alkanes of at least 4 members (excludes halogenated alkanes) is 15. The Hall–Kier alpha value is -1.68. The van der Waals surface area contributed by atoms with E-state index in [1.807, 2.05) is 36.4 Å². The summed E-state index contributed by atoms with van der Waals surface area (Å²) >= 11 is 0. The third-order valence-corrected chi connectivity index (χ3v) is 7.96. The smallest absolute Gasteiger partial charge is 0.308 e. The predicted octanol–water partition coefficient (Wildman–Crippen LogP) is 9.13. The van der Waals surface area contributed by atoms with Crippen LogP contribution in [-0.4, -0.2) is 15.9 Å². The molecule has 3 nitrogen and oxygen atoms in total. The van der Waals surface area contributed by atoms with Crippen LogP contribution in [-0.2, 0) is 15.6 Å². The SMILES string of the molecule is CCCCCCCCCCCCCCCCCCS(=O)c1cc2ccccc2cc1OC(C)=O. The van der Waals surface area contributed by atoms with Crippen LogP contribution >= 0.6 is 0 Å². The lowest BCUT2D eigenvalue weighted by molar-refractivity contribution is -0.132. The number of esters is 1. The van der Waals surface area contributed by atoms with Gasteiger partial charge in [0.25, 0.3) is 0 Å². The van der Waals surface area contributed by atoms with Crippen LogP contribution in [0.15, 0.2) is 41.3 Å². The molecule has 0 amide bonds. The second-order valence-electron chi connectivity index (χ2n) is 9.59. The number of rotatable bonds is 19. The van der Waals surface area contributed by atoms with Gasteiger partial charge in [-0.1, -0.05) is 128 Å². The predicted molar refractivity (Wildman–Crippen MR) is 146 cm³/mol. The van der Waals surface area contributed by atoms with Gasteiger partial charge >= 0.3 is 5.97 Å². The first-order valence-corrected chi connectivity index (χ1v) is 15.0. The van der Waals surface area contributed by atoms with E-state index in [2.05, 4.69) is 6.92 Å². The zero-order valence-corrected chi connectivity index (χ0v) is 22.4. The molecule has 0 aliphatic carbocycles.